The molecule has 1 heterocycles. The molecule has 202 valence electrons. The van der Waals surface area contributed by atoms with E-state index in [0.29, 0.717) is 29.2 Å². The SMILES string of the molecule is Cc1cc(C(O)CC(C)Cc2sc(-c3ccc(C(F)(F)F)cc3)nc2C(C)C)ccc1OC(C)(C)CO. The first-order valence-corrected chi connectivity index (χ1v) is 13.3. The predicted octanol–water partition coefficient (Wildman–Crippen LogP) is 7.71. The number of aliphatic hydroxyl groups is 2. The predicted molar refractivity (Wildman–Crippen MR) is 142 cm³/mol. The number of alkyl halides is 3. The largest absolute Gasteiger partial charge is 0.485 e. The molecule has 0 aliphatic carbocycles. The summed E-state index contributed by atoms with van der Waals surface area (Å²) in [4.78, 5) is 5.86. The Morgan fingerprint density at radius 3 is 2.22 bits per heavy atom. The number of benzene rings is 2. The summed E-state index contributed by atoms with van der Waals surface area (Å²) in [5, 5.41) is 21.1. The fraction of sp³-hybridized carbons (Fsp3) is 0.483. The van der Waals surface area contributed by atoms with Crippen LogP contribution in [0.15, 0.2) is 42.5 Å². The Morgan fingerprint density at radius 2 is 1.68 bits per heavy atom. The molecule has 37 heavy (non-hydrogen) atoms. The van der Waals surface area contributed by atoms with Gasteiger partial charge in [-0.15, -0.1) is 11.3 Å². The van der Waals surface area contributed by atoms with Crippen molar-refractivity contribution in [3.8, 4) is 16.3 Å². The average molecular weight is 536 g/mol. The van der Waals surface area contributed by atoms with E-state index in [4.69, 9.17) is 9.72 Å². The minimum atomic E-state index is -4.37. The molecule has 3 rings (SSSR count). The summed E-state index contributed by atoms with van der Waals surface area (Å²) in [6.45, 7) is 11.6. The number of thiazole rings is 1. The third-order valence-electron chi connectivity index (χ3n) is 6.24. The van der Waals surface area contributed by atoms with Crippen molar-refractivity contribution in [2.45, 2.75) is 78.2 Å². The highest BCUT2D eigenvalue weighted by Gasteiger charge is 2.30. The Bertz CT molecular complexity index is 1190. The summed E-state index contributed by atoms with van der Waals surface area (Å²) in [5.41, 5.74) is 1.94. The number of aromatic nitrogens is 1. The molecular weight excluding hydrogens is 499 g/mol. The first kappa shape index (κ1) is 29.1. The van der Waals surface area contributed by atoms with Crippen molar-refractivity contribution in [1.82, 2.24) is 4.98 Å². The minimum Gasteiger partial charge on any atom is -0.485 e. The van der Waals surface area contributed by atoms with Crippen molar-refractivity contribution in [1.29, 1.82) is 0 Å². The van der Waals surface area contributed by atoms with Gasteiger partial charge in [-0.1, -0.05) is 39.0 Å². The van der Waals surface area contributed by atoms with E-state index in [1.54, 1.807) is 0 Å². The van der Waals surface area contributed by atoms with Gasteiger partial charge in [0.05, 0.1) is 24.0 Å². The highest BCUT2D eigenvalue weighted by molar-refractivity contribution is 7.15. The van der Waals surface area contributed by atoms with Gasteiger partial charge in [0.25, 0.3) is 0 Å². The van der Waals surface area contributed by atoms with Gasteiger partial charge in [0.2, 0.25) is 0 Å². The normalized spacial score (nSPS) is 14.2. The lowest BCUT2D eigenvalue weighted by Gasteiger charge is -2.25. The fourth-order valence-electron chi connectivity index (χ4n) is 4.13. The zero-order chi connectivity index (χ0) is 27.5. The maximum Gasteiger partial charge on any atom is 0.416 e. The number of nitrogens with zero attached hydrogens (tertiary/aromatic N) is 1. The molecular formula is C29H36F3NO3S. The maximum atomic E-state index is 12.9. The lowest BCUT2D eigenvalue weighted by atomic mass is 9.93. The van der Waals surface area contributed by atoms with Gasteiger partial charge in [0, 0.05) is 10.4 Å². The molecule has 0 saturated heterocycles. The topological polar surface area (TPSA) is 62.6 Å². The molecule has 2 unspecified atom stereocenters. The lowest BCUT2D eigenvalue weighted by molar-refractivity contribution is -0.137. The van der Waals surface area contributed by atoms with Gasteiger partial charge in [0.1, 0.15) is 16.4 Å². The van der Waals surface area contributed by atoms with Gasteiger partial charge in [-0.05, 0) is 80.8 Å². The van der Waals surface area contributed by atoms with Crippen LogP contribution >= 0.6 is 11.3 Å². The van der Waals surface area contributed by atoms with E-state index in [9.17, 15) is 23.4 Å². The molecule has 3 aromatic rings. The van der Waals surface area contributed by atoms with E-state index < -0.39 is 23.4 Å². The number of aliphatic hydroxyl groups excluding tert-OH is 2. The van der Waals surface area contributed by atoms with Gasteiger partial charge in [-0.2, -0.15) is 13.2 Å². The highest BCUT2D eigenvalue weighted by Crippen LogP contribution is 2.37. The fourth-order valence-corrected chi connectivity index (χ4v) is 5.51. The Hall–Kier alpha value is -2.42. The number of aryl methyl sites for hydroxylation is 1. The van der Waals surface area contributed by atoms with Gasteiger partial charge in [0.15, 0.2) is 0 Å². The smallest absolute Gasteiger partial charge is 0.416 e. The van der Waals surface area contributed by atoms with Crippen molar-refractivity contribution in [3.05, 3.63) is 69.7 Å². The molecule has 2 atom stereocenters. The zero-order valence-electron chi connectivity index (χ0n) is 22.2. The summed E-state index contributed by atoms with van der Waals surface area (Å²) < 4.78 is 44.7. The molecule has 0 saturated carbocycles. The minimum absolute atomic E-state index is 0.106. The molecule has 4 nitrogen and oxygen atoms in total. The van der Waals surface area contributed by atoms with Crippen LogP contribution in [-0.4, -0.2) is 27.4 Å². The molecule has 1 aromatic heterocycles. The van der Waals surface area contributed by atoms with E-state index in [1.807, 2.05) is 39.0 Å². The van der Waals surface area contributed by atoms with Crippen LogP contribution in [0, 0.1) is 12.8 Å². The van der Waals surface area contributed by atoms with Crippen molar-refractivity contribution >= 4 is 11.3 Å². The summed E-state index contributed by atoms with van der Waals surface area (Å²) in [7, 11) is 0. The number of rotatable bonds is 10. The lowest BCUT2D eigenvalue weighted by Crippen LogP contribution is -2.32. The highest BCUT2D eigenvalue weighted by atomic mass is 32.1. The van der Waals surface area contributed by atoms with Crippen LogP contribution in [-0.2, 0) is 12.6 Å². The van der Waals surface area contributed by atoms with E-state index in [-0.39, 0.29) is 18.4 Å². The first-order valence-electron chi connectivity index (χ1n) is 12.5. The van der Waals surface area contributed by atoms with E-state index >= 15 is 0 Å². The Kier molecular flexibility index (Phi) is 9.09. The van der Waals surface area contributed by atoms with Gasteiger partial charge >= 0.3 is 6.18 Å². The number of ether oxygens (including phenoxy) is 1. The molecule has 0 fully saturated rings. The molecule has 0 amide bonds. The van der Waals surface area contributed by atoms with Crippen LogP contribution in [0.2, 0.25) is 0 Å². The molecule has 2 aromatic carbocycles. The summed E-state index contributed by atoms with van der Waals surface area (Å²) in [6.07, 6.45) is -3.76. The second-order valence-corrected chi connectivity index (χ2v) is 11.7. The summed E-state index contributed by atoms with van der Waals surface area (Å²) >= 11 is 1.51. The van der Waals surface area contributed by atoms with E-state index in [0.717, 1.165) is 33.8 Å². The molecule has 0 bridgehead atoms. The van der Waals surface area contributed by atoms with Crippen molar-refractivity contribution in [2.75, 3.05) is 6.61 Å². The van der Waals surface area contributed by atoms with Crippen LogP contribution in [0.25, 0.3) is 10.6 Å². The van der Waals surface area contributed by atoms with Crippen molar-refractivity contribution in [2.24, 2.45) is 5.92 Å². The van der Waals surface area contributed by atoms with Crippen molar-refractivity contribution in [3.63, 3.8) is 0 Å². The van der Waals surface area contributed by atoms with Crippen LogP contribution < -0.4 is 4.74 Å². The Morgan fingerprint density at radius 1 is 1.03 bits per heavy atom. The van der Waals surface area contributed by atoms with E-state index in [1.165, 1.54) is 23.5 Å². The number of hydrogen-bond acceptors (Lipinski definition) is 5. The van der Waals surface area contributed by atoms with Gasteiger partial charge in [-0.3, -0.25) is 0 Å². The number of halogens is 3. The first-order chi connectivity index (χ1) is 17.2. The standard InChI is InChI=1S/C29H36F3NO3S/c1-17(2)26-25(37-27(33-26)20-7-10-22(11-8-20)29(30,31)32)14-18(3)13-23(35)21-9-12-24(19(4)15-21)36-28(5,6)16-34/h7-12,15,17-18,23,34-35H,13-14,16H2,1-6H3. The quantitative estimate of drug-likeness (QED) is 0.279. The van der Waals surface area contributed by atoms with Gasteiger partial charge in [-0.25, -0.2) is 4.98 Å². The van der Waals surface area contributed by atoms with Crippen LogP contribution in [0.4, 0.5) is 13.2 Å². The number of hydrogen-bond donors (Lipinski definition) is 2. The summed E-state index contributed by atoms with van der Waals surface area (Å²) in [6, 6.07) is 10.7. The van der Waals surface area contributed by atoms with Crippen LogP contribution in [0.3, 0.4) is 0 Å². The van der Waals surface area contributed by atoms with Gasteiger partial charge < -0.3 is 14.9 Å². The molecule has 0 radical (unpaired) electrons. The third-order valence-corrected chi connectivity index (χ3v) is 7.39. The molecule has 2 N–H and O–H groups in total. The van der Waals surface area contributed by atoms with Crippen LogP contribution in [0.1, 0.15) is 80.3 Å². The van der Waals surface area contributed by atoms with Crippen molar-refractivity contribution < 1.29 is 28.1 Å². The molecule has 8 heteroatoms. The maximum absolute atomic E-state index is 12.9. The monoisotopic (exact) mass is 535 g/mol. The Balaban J connectivity index is 1.72. The molecule has 0 aliphatic rings. The average Bonchev–Trinajstić information content (AvgIpc) is 3.23. The molecule has 0 aliphatic heterocycles. The van der Waals surface area contributed by atoms with Crippen LogP contribution in [0.5, 0.6) is 5.75 Å². The Labute approximate surface area is 221 Å². The zero-order valence-corrected chi connectivity index (χ0v) is 23.0. The summed E-state index contributed by atoms with van der Waals surface area (Å²) in [5.74, 6) is 0.993. The van der Waals surface area contributed by atoms with E-state index in [2.05, 4.69) is 20.8 Å². The second-order valence-electron chi connectivity index (χ2n) is 10.7. The second kappa shape index (κ2) is 11.5. The third kappa shape index (κ3) is 7.55. The molecule has 0 spiro atoms.